The van der Waals surface area contributed by atoms with E-state index < -0.39 is 9.84 Å². The van der Waals surface area contributed by atoms with Crippen LogP contribution in [-0.2, 0) is 16.4 Å². The Morgan fingerprint density at radius 1 is 1.32 bits per heavy atom. The number of benzene rings is 1. The molecule has 0 aliphatic carbocycles. The van der Waals surface area contributed by atoms with E-state index in [-0.39, 0.29) is 29.2 Å². The Kier molecular flexibility index (Phi) is 5.14. The molecular formula is C20H20BrNO4S2. The molecule has 1 aliphatic rings. The topological polar surface area (TPSA) is 67.6 Å². The van der Waals surface area contributed by atoms with Crippen LogP contribution in [0.15, 0.2) is 38.5 Å². The van der Waals surface area contributed by atoms with Gasteiger partial charge in [-0.1, -0.05) is 15.9 Å². The Bertz CT molecular complexity index is 1160. The number of furan rings is 1. The number of thiophene rings is 1. The highest BCUT2D eigenvalue weighted by Crippen LogP contribution is 2.31. The summed E-state index contributed by atoms with van der Waals surface area (Å²) in [5.41, 5.74) is 2.52. The zero-order valence-electron chi connectivity index (χ0n) is 15.6. The van der Waals surface area contributed by atoms with E-state index in [2.05, 4.69) is 15.9 Å². The molecule has 148 valence electrons. The third-order valence-corrected chi connectivity index (χ3v) is 8.54. The van der Waals surface area contributed by atoms with Gasteiger partial charge in [0.1, 0.15) is 5.58 Å². The molecule has 0 bridgehead atoms. The first kappa shape index (κ1) is 19.7. The van der Waals surface area contributed by atoms with Crippen LogP contribution in [0.1, 0.15) is 33.0 Å². The molecule has 0 spiro atoms. The molecule has 8 heteroatoms. The van der Waals surface area contributed by atoms with Gasteiger partial charge in [0.2, 0.25) is 0 Å². The van der Waals surface area contributed by atoms with Crippen LogP contribution in [0.5, 0.6) is 0 Å². The number of aryl methyl sites for hydroxylation is 2. The number of sulfone groups is 1. The van der Waals surface area contributed by atoms with Crippen LogP contribution in [0, 0.1) is 13.8 Å². The summed E-state index contributed by atoms with van der Waals surface area (Å²) in [5.74, 6) is 0.164. The number of rotatable bonds is 4. The van der Waals surface area contributed by atoms with Gasteiger partial charge < -0.3 is 9.32 Å². The summed E-state index contributed by atoms with van der Waals surface area (Å²) in [6.07, 6.45) is 0.462. The normalized spacial score (nSPS) is 18.6. The zero-order valence-corrected chi connectivity index (χ0v) is 18.8. The zero-order chi connectivity index (χ0) is 20.1. The second-order valence-electron chi connectivity index (χ2n) is 7.21. The summed E-state index contributed by atoms with van der Waals surface area (Å²) in [6.45, 7) is 4.26. The van der Waals surface area contributed by atoms with Gasteiger partial charge in [0, 0.05) is 26.3 Å². The van der Waals surface area contributed by atoms with Crippen LogP contribution in [0.3, 0.4) is 0 Å². The molecule has 3 heterocycles. The van der Waals surface area contributed by atoms with E-state index in [0.717, 1.165) is 25.9 Å². The molecule has 28 heavy (non-hydrogen) atoms. The van der Waals surface area contributed by atoms with Crippen LogP contribution in [0.4, 0.5) is 0 Å². The van der Waals surface area contributed by atoms with Gasteiger partial charge in [-0.15, -0.1) is 11.3 Å². The highest BCUT2D eigenvalue weighted by atomic mass is 79.9. The van der Waals surface area contributed by atoms with Gasteiger partial charge in [-0.25, -0.2) is 8.42 Å². The van der Waals surface area contributed by atoms with Gasteiger partial charge in [-0.05, 0) is 55.5 Å². The van der Waals surface area contributed by atoms with E-state index in [4.69, 9.17) is 4.42 Å². The smallest absolute Gasteiger partial charge is 0.290 e. The molecule has 0 saturated carbocycles. The average Bonchev–Trinajstić information content (AvgIpc) is 3.30. The first-order valence-corrected chi connectivity index (χ1v) is 12.5. The third-order valence-electron chi connectivity index (χ3n) is 5.29. The van der Waals surface area contributed by atoms with Crippen LogP contribution < -0.4 is 0 Å². The molecule has 1 fully saturated rings. The molecule has 2 aromatic heterocycles. The summed E-state index contributed by atoms with van der Waals surface area (Å²) < 4.78 is 30.9. The molecule has 5 nitrogen and oxygen atoms in total. The van der Waals surface area contributed by atoms with E-state index in [0.29, 0.717) is 18.5 Å². The van der Waals surface area contributed by atoms with Crippen molar-refractivity contribution in [1.82, 2.24) is 4.90 Å². The molecular weight excluding hydrogens is 462 g/mol. The van der Waals surface area contributed by atoms with Crippen LogP contribution >= 0.6 is 27.3 Å². The number of hydrogen-bond donors (Lipinski definition) is 0. The minimum absolute atomic E-state index is 0.00792. The van der Waals surface area contributed by atoms with Crippen molar-refractivity contribution in [2.24, 2.45) is 0 Å². The van der Waals surface area contributed by atoms with Crippen molar-refractivity contribution < 1.29 is 17.6 Å². The predicted molar refractivity (Wildman–Crippen MR) is 115 cm³/mol. The lowest BCUT2D eigenvalue weighted by atomic mass is 10.1. The van der Waals surface area contributed by atoms with E-state index in [9.17, 15) is 13.2 Å². The second-order valence-corrected chi connectivity index (χ2v) is 11.4. The molecule has 4 rings (SSSR count). The number of hydrogen-bond acceptors (Lipinski definition) is 5. The van der Waals surface area contributed by atoms with Crippen molar-refractivity contribution >= 4 is 54.0 Å². The van der Waals surface area contributed by atoms with Gasteiger partial charge >= 0.3 is 0 Å². The Hall–Kier alpha value is -1.64. The van der Waals surface area contributed by atoms with E-state index in [1.165, 1.54) is 0 Å². The first-order chi connectivity index (χ1) is 13.2. The number of halogens is 1. The number of carbonyl (C=O) groups is 1. The molecule has 1 amide bonds. The maximum atomic E-state index is 13.5. The molecule has 1 saturated heterocycles. The number of amides is 1. The van der Waals surface area contributed by atoms with E-state index in [1.807, 2.05) is 43.5 Å². The Morgan fingerprint density at radius 3 is 2.75 bits per heavy atom. The maximum Gasteiger partial charge on any atom is 0.290 e. The molecule has 1 atom stereocenters. The van der Waals surface area contributed by atoms with Gasteiger partial charge in [-0.3, -0.25) is 4.79 Å². The fourth-order valence-electron chi connectivity index (χ4n) is 3.64. The third kappa shape index (κ3) is 3.65. The minimum atomic E-state index is -3.11. The number of carbonyl (C=O) groups excluding carboxylic acids is 1. The lowest BCUT2D eigenvalue weighted by molar-refractivity contribution is 0.0651. The van der Waals surface area contributed by atoms with Crippen molar-refractivity contribution in [3.05, 3.63) is 55.9 Å². The highest BCUT2D eigenvalue weighted by molar-refractivity contribution is 9.10. The SMILES string of the molecule is Cc1ccsc1CN(C(=O)c1oc2cc(Br)ccc2c1C)[C@H]1CCS(=O)(=O)C1. The van der Waals surface area contributed by atoms with Crippen molar-refractivity contribution in [1.29, 1.82) is 0 Å². The molecule has 0 N–H and O–H groups in total. The fraction of sp³-hybridized carbons (Fsp3) is 0.350. The number of nitrogens with zero attached hydrogens (tertiary/aromatic N) is 1. The van der Waals surface area contributed by atoms with Crippen molar-refractivity contribution in [3.63, 3.8) is 0 Å². The quantitative estimate of drug-likeness (QED) is 0.541. The van der Waals surface area contributed by atoms with Crippen molar-refractivity contribution in [2.75, 3.05) is 11.5 Å². The van der Waals surface area contributed by atoms with Gasteiger partial charge in [0.05, 0.1) is 18.1 Å². The van der Waals surface area contributed by atoms with E-state index >= 15 is 0 Å². The molecule has 1 aromatic carbocycles. The maximum absolute atomic E-state index is 13.5. The Morgan fingerprint density at radius 2 is 2.11 bits per heavy atom. The van der Waals surface area contributed by atoms with Crippen LogP contribution in [0.25, 0.3) is 11.0 Å². The monoisotopic (exact) mass is 481 g/mol. The summed E-state index contributed by atoms with van der Waals surface area (Å²) in [7, 11) is -3.11. The van der Waals surface area contributed by atoms with Gasteiger partial charge in [0.25, 0.3) is 5.91 Å². The molecule has 1 aliphatic heterocycles. The average molecular weight is 482 g/mol. The highest BCUT2D eigenvalue weighted by Gasteiger charge is 2.37. The summed E-state index contributed by atoms with van der Waals surface area (Å²) in [4.78, 5) is 16.2. The van der Waals surface area contributed by atoms with Gasteiger partial charge in [-0.2, -0.15) is 0 Å². The summed E-state index contributed by atoms with van der Waals surface area (Å²) >= 11 is 5.01. The Balaban J connectivity index is 1.74. The molecule has 3 aromatic rings. The van der Waals surface area contributed by atoms with Crippen LogP contribution in [0.2, 0.25) is 0 Å². The van der Waals surface area contributed by atoms with Crippen molar-refractivity contribution in [2.45, 2.75) is 32.9 Å². The summed E-state index contributed by atoms with van der Waals surface area (Å²) in [5, 5.41) is 2.88. The Labute approximate surface area is 176 Å². The summed E-state index contributed by atoms with van der Waals surface area (Å²) in [6, 6.07) is 7.35. The number of fused-ring (bicyclic) bond motifs is 1. The predicted octanol–water partition coefficient (Wildman–Crippen LogP) is 4.70. The van der Waals surface area contributed by atoms with E-state index in [1.54, 1.807) is 16.2 Å². The lowest BCUT2D eigenvalue weighted by Crippen LogP contribution is -2.40. The lowest BCUT2D eigenvalue weighted by Gasteiger charge is -2.27. The molecule has 0 radical (unpaired) electrons. The standard InChI is InChI=1S/C20H20BrNO4S2/c1-12-5-7-27-18(12)10-22(15-6-8-28(24,25)11-15)20(23)19-13(2)16-4-3-14(21)9-17(16)26-19/h3-5,7,9,15H,6,8,10-11H2,1-2H3/t15-/m0/s1. The van der Waals surface area contributed by atoms with Gasteiger partial charge in [0.15, 0.2) is 15.6 Å². The fourth-order valence-corrected chi connectivity index (χ4v) is 6.62. The second kappa shape index (κ2) is 7.31. The first-order valence-electron chi connectivity index (χ1n) is 8.98. The molecule has 0 unspecified atom stereocenters. The minimum Gasteiger partial charge on any atom is -0.451 e. The van der Waals surface area contributed by atoms with Crippen LogP contribution in [-0.4, -0.2) is 36.8 Å². The largest absolute Gasteiger partial charge is 0.451 e. The van der Waals surface area contributed by atoms with Crippen molar-refractivity contribution in [3.8, 4) is 0 Å².